The van der Waals surface area contributed by atoms with Gasteiger partial charge in [0.25, 0.3) is 5.88 Å². The quantitative estimate of drug-likeness (QED) is 0.290. The molecule has 0 fully saturated rings. The lowest BCUT2D eigenvalue weighted by molar-refractivity contribution is -0.919. The van der Waals surface area contributed by atoms with E-state index in [0.29, 0.717) is 29.9 Å². The number of quaternary nitrogens is 1. The van der Waals surface area contributed by atoms with Gasteiger partial charge in [0, 0.05) is 30.3 Å². The van der Waals surface area contributed by atoms with Crippen molar-refractivity contribution in [3.8, 4) is 5.88 Å². The van der Waals surface area contributed by atoms with E-state index in [1.807, 2.05) is 0 Å². The van der Waals surface area contributed by atoms with Crippen molar-refractivity contribution >= 4 is 23.3 Å². The van der Waals surface area contributed by atoms with Crippen molar-refractivity contribution in [2.45, 2.75) is 51.5 Å². The van der Waals surface area contributed by atoms with Crippen molar-refractivity contribution in [3.05, 3.63) is 30.0 Å². The average Bonchev–Trinajstić information content (AvgIpc) is 3.44. The summed E-state index contributed by atoms with van der Waals surface area (Å²) in [6.45, 7) is 4.68. The number of esters is 1. The maximum Gasteiger partial charge on any atom is 0.327 e. The maximum atomic E-state index is 12.4. The number of unbranched alkanes of at least 4 members (excludes halogenated alkanes) is 3. The van der Waals surface area contributed by atoms with E-state index in [1.54, 1.807) is 12.5 Å². The second kappa shape index (κ2) is 11.4. The highest BCUT2D eigenvalue weighted by molar-refractivity contribution is 6.99. The molecule has 10 heteroatoms. The van der Waals surface area contributed by atoms with Crippen LogP contribution in [0.4, 0.5) is 0 Å². The monoisotopic (exact) mass is 449 g/mol. The molecule has 0 spiro atoms. The van der Waals surface area contributed by atoms with Gasteiger partial charge in [0.2, 0.25) is 6.73 Å². The Kier molecular flexibility index (Phi) is 8.56. The van der Waals surface area contributed by atoms with Crippen LogP contribution < -0.4 is 10.5 Å². The van der Waals surface area contributed by atoms with Crippen molar-refractivity contribution in [1.82, 2.24) is 18.7 Å². The van der Waals surface area contributed by atoms with Gasteiger partial charge in [-0.2, -0.15) is 4.37 Å². The van der Waals surface area contributed by atoms with Gasteiger partial charge >= 0.3 is 5.97 Å². The van der Waals surface area contributed by atoms with Crippen molar-refractivity contribution in [2.75, 3.05) is 33.5 Å². The first-order valence-corrected chi connectivity index (χ1v) is 11.6. The Morgan fingerprint density at radius 2 is 2.23 bits per heavy atom. The fraction of sp³-hybridized carbons (Fsp3) is 0.619. The molecule has 0 amide bonds. The Bertz CT molecular complexity index is 853. The summed E-state index contributed by atoms with van der Waals surface area (Å²) in [6.07, 6.45) is 11.3. The zero-order chi connectivity index (χ0) is 22.1. The van der Waals surface area contributed by atoms with Gasteiger partial charge in [0.15, 0.2) is 0 Å². The fourth-order valence-corrected chi connectivity index (χ4v) is 4.13. The van der Waals surface area contributed by atoms with Crippen LogP contribution in [0.1, 0.15) is 50.4 Å². The summed E-state index contributed by atoms with van der Waals surface area (Å²) in [7, 11) is 2.08. The van der Waals surface area contributed by atoms with Crippen molar-refractivity contribution < 1.29 is 18.8 Å². The third-order valence-corrected chi connectivity index (χ3v) is 5.94. The zero-order valence-corrected chi connectivity index (χ0v) is 19.2. The molecule has 0 bridgehead atoms. The molecule has 1 aliphatic rings. The van der Waals surface area contributed by atoms with Gasteiger partial charge in [-0.1, -0.05) is 32.3 Å². The molecule has 2 atom stereocenters. The highest BCUT2D eigenvalue weighted by Crippen LogP contribution is 2.30. The molecule has 2 aromatic heterocycles. The van der Waals surface area contributed by atoms with Gasteiger partial charge in [-0.25, -0.2) is 4.98 Å². The normalized spacial score (nSPS) is 19.6. The van der Waals surface area contributed by atoms with Crippen LogP contribution >= 0.6 is 11.7 Å². The minimum Gasteiger partial charge on any atom is -0.475 e. The topological polar surface area (TPSA) is 116 Å². The van der Waals surface area contributed by atoms with Crippen LogP contribution in [-0.4, -0.2) is 68.7 Å². The number of hydrogen-bond donors (Lipinski definition) is 2. The summed E-state index contributed by atoms with van der Waals surface area (Å²) in [5, 5.41) is 0. The van der Waals surface area contributed by atoms with E-state index in [0.717, 1.165) is 42.8 Å². The molecule has 0 aromatic carbocycles. The van der Waals surface area contributed by atoms with E-state index in [1.165, 1.54) is 24.6 Å². The SMILES string of the molecule is CCCCCCOc1nsnc1C1=CCC[N+](C)(COC(=O)[C@@H](N)Cc2cnc[nH]2)C1. The van der Waals surface area contributed by atoms with Crippen molar-refractivity contribution in [3.63, 3.8) is 0 Å². The Morgan fingerprint density at radius 1 is 1.35 bits per heavy atom. The number of ether oxygens (including phenoxy) is 2. The number of H-pyrrole nitrogens is 1. The third-order valence-electron chi connectivity index (χ3n) is 5.43. The molecule has 1 aliphatic heterocycles. The van der Waals surface area contributed by atoms with Crippen LogP contribution in [-0.2, 0) is 16.0 Å². The first-order valence-electron chi connectivity index (χ1n) is 10.9. The summed E-state index contributed by atoms with van der Waals surface area (Å²) in [5.41, 5.74) is 8.70. The number of nitrogens with zero attached hydrogens (tertiary/aromatic N) is 4. The summed E-state index contributed by atoms with van der Waals surface area (Å²) < 4.78 is 20.9. The van der Waals surface area contributed by atoms with E-state index >= 15 is 0 Å². The number of aromatic nitrogens is 4. The number of likely N-dealkylation sites (N-methyl/N-ethyl adjacent to an activating group) is 1. The average molecular weight is 450 g/mol. The number of hydrogen-bond acceptors (Lipinski definition) is 8. The highest BCUT2D eigenvalue weighted by atomic mass is 32.1. The number of nitrogens with two attached hydrogens (primary N) is 1. The molecule has 0 saturated heterocycles. The lowest BCUT2D eigenvalue weighted by atomic mass is 10.1. The second-order valence-corrected chi connectivity index (χ2v) is 8.85. The summed E-state index contributed by atoms with van der Waals surface area (Å²) in [6, 6.07) is -0.720. The molecule has 1 unspecified atom stereocenters. The second-order valence-electron chi connectivity index (χ2n) is 8.33. The number of imidazole rings is 1. The molecule has 3 N–H and O–H groups in total. The molecule has 170 valence electrons. The highest BCUT2D eigenvalue weighted by Gasteiger charge is 2.32. The minimum absolute atomic E-state index is 0.262. The summed E-state index contributed by atoms with van der Waals surface area (Å²) in [5.74, 6) is 0.205. The zero-order valence-electron chi connectivity index (χ0n) is 18.4. The molecule has 9 nitrogen and oxygen atoms in total. The Labute approximate surface area is 187 Å². The maximum absolute atomic E-state index is 12.4. The van der Waals surface area contributed by atoms with Gasteiger partial charge in [-0.15, -0.1) is 4.37 Å². The van der Waals surface area contributed by atoms with Gasteiger partial charge in [0.05, 0.1) is 38.3 Å². The van der Waals surface area contributed by atoms with Crippen LogP contribution in [0.3, 0.4) is 0 Å². The summed E-state index contributed by atoms with van der Waals surface area (Å²) >= 11 is 1.17. The largest absolute Gasteiger partial charge is 0.475 e. The molecule has 0 saturated carbocycles. The molecule has 3 rings (SSSR count). The third kappa shape index (κ3) is 6.84. The lowest BCUT2D eigenvalue weighted by Crippen LogP contribution is -2.50. The molecule has 3 heterocycles. The van der Waals surface area contributed by atoms with Crippen molar-refractivity contribution in [2.24, 2.45) is 5.73 Å². The van der Waals surface area contributed by atoms with Gasteiger partial charge in [0.1, 0.15) is 18.3 Å². The van der Waals surface area contributed by atoms with Crippen LogP contribution in [0, 0.1) is 0 Å². The van der Waals surface area contributed by atoms with Gasteiger partial charge in [-0.3, -0.25) is 9.28 Å². The Morgan fingerprint density at radius 3 is 3.00 bits per heavy atom. The first kappa shape index (κ1) is 23.4. The lowest BCUT2D eigenvalue weighted by Gasteiger charge is -2.36. The van der Waals surface area contributed by atoms with E-state index in [-0.39, 0.29) is 6.73 Å². The molecule has 2 aromatic rings. The van der Waals surface area contributed by atoms with E-state index in [2.05, 4.69) is 38.8 Å². The molecule has 0 radical (unpaired) electrons. The molecular weight excluding hydrogens is 416 g/mol. The van der Waals surface area contributed by atoms with E-state index in [4.69, 9.17) is 15.2 Å². The number of aromatic amines is 1. The van der Waals surface area contributed by atoms with Crippen LogP contribution in [0.25, 0.3) is 5.57 Å². The van der Waals surface area contributed by atoms with Crippen LogP contribution in [0.15, 0.2) is 18.6 Å². The smallest absolute Gasteiger partial charge is 0.327 e. The molecule has 0 aliphatic carbocycles. The molecule has 31 heavy (non-hydrogen) atoms. The van der Waals surface area contributed by atoms with Gasteiger partial charge < -0.3 is 20.2 Å². The van der Waals surface area contributed by atoms with Crippen LogP contribution in [0.5, 0.6) is 5.88 Å². The minimum atomic E-state index is -0.720. The van der Waals surface area contributed by atoms with E-state index < -0.39 is 12.0 Å². The Hall–Kier alpha value is -2.30. The Balaban J connectivity index is 1.52. The summed E-state index contributed by atoms with van der Waals surface area (Å²) in [4.78, 5) is 19.3. The first-order chi connectivity index (χ1) is 15.0. The predicted octanol–water partition coefficient (Wildman–Crippen LogP) is 2.52. The van der Waals surface area contributed by atoms with Crippen molar-refractivity contribution in [1.29, 1.82) is 0 Å². The number of nitrogens with one attached hydrogen (secondary N) is 1. The standard InChI is InChI=1S/C21H33N6O3S/c1-3-4-5-6-10-29-20-19(25-31-26-20)16-8-7-9-27(2,13-16)15-30-21(28)18(22)11-17-12-23-14-24-17/h8,12,14,18H,3-7,9-11,13,15,22H2,1-2H3,(H,23,24)/q+1/t18-,27?/m0/s1. The van der Waals surface area contributed by atoms with Crippen LogP contribution in [0.2, 0.25) is 0 Å². The van der Waals surface area contributed by atoms with Gasteiger partial charge in [-0.05, 0) is 6.42 Å². The predicted molar refractivity (Wildman–Crippen MR) is 119 cm³/mol. The number of carbonyl (C=O) groups is 1. The number of rotatable bonds is 12. The fourth-order valence-electron chi connectivity index (χ4n) is 3.60. The van der Waals surface area contributed by atoms with E-state index in [9.17, 15) is 4.79 Å². The molecular formula is C21H33N6O3S+. The number of carbonyl (C=O) groups excluding carboxylic acids is 1.